The van der Waals surface area contributed by atoms with Crippen molar-refractivity contribution < 1.29 is 4.74 Å². The van der Waals surface area contributed by atoms with Gasteiger partial charge in [0.05, 0.1) is 6.61 Å². The minimum Gasteiger partial charge on any atom is -0.494 e. The lowest BCUT2D eigenvalue weighted by Crippen LogP contribution is -1.97. The van der Waals surface area contributed by atoms with Crippen LogP contribution in [0.2, 0.25) is 0 Å². The topological polar surface area (TPSA) is 9.23 Å². The highest BCUT2D eigenvalue weighted by Crippen LogP contribution is 2.11. The Labute approximate surface area is 87.2 Å². The predicted octanol–water partition coefficient (Wildman–Crippen LogP) is 2.83. The van der Waals surface area contributed by atoms with E-state index in [0.717, 1.165) is 29.7 Å². The van der Waals surface area contributed by atoms with Crippen molar-refractivity contribution in [2.75, 3.05) is 11.9 Å². The summed E-state index contributed by atoms with van der Waals surface area (Å²) in [7, 11) is 0. The van der Waals surface area contributed by atoms with E-state index in [1.807, 2.05) is 24.3 Å². The van der Waals surface area contributed by atoms with Gasteiger partial charge in [0.15, 0.2) is 0 Å². The van der Waals surface area contributed by atoms with Crippen LogP contribution in [0.3, 0.4) is 0 Å². The van der Waals surface area contributed by atoms with E-state index in [-0.39, 0.29) is 0 Å². The van der Waals surface area contributed by atoms with Gasteiger partial charge < -0.3 is 4.74 Å². The largest absolute Gasteiger partial charge is 0.494 e. The van der Waals surface area contributed by atoms with Crippen LogP contribution in [0, 0.1) is 12.3 Å². The molecular weight excluding hydrogens is 228 g/mol. The Bertz CT molecular complexity index is 284. The van der Waals surface area contributed by atoms with Crippen LogP contribution in [0.25, 0.3) is 0 Å². The number of alkyl halides is 1. The molecule has 0 aliphatic heterocycles. The Morgan fingerprint density at radius 2 is 2.00 bits per heavy atom. The van der Waals surface area contributed by atoms with Gasteiger partial charge in [-0.05, 0) is 30.7 Å². The van der Waals surface area contributed by atoms with E-state index in [1.165, 1.54) is 0 Å². The van der Waals surface area contributed by atoms with E-state index < -0.39 is 0 Å². The summed E-state index contributed by atoms with van der Waals surface area (Å²) in [4.78, 5) is 0. The molecular formula is C11H11BrO. The van der Waals surface area contributed by atoms with Crippen LogP contribution in [0.15, 0.2) is 24.3 Å². The minimum atomic E-state index is 0.737. The molecule has 1 aromatic carbocycles. The molecule has 0 spiro atoms. The van der Waals surface area contributed by atoms with E-state index >= 15 is 0 Å². The van der Waals surface area contributed by atoms with Crippen molar-refractivity contribution in [3.63, 3.8) is 0 Å². The van der Waals surface area contributed by atoms with E-state index in [9.17, 15) is 0 Å². The normalized spacial score (nSPS) is 9.23. The highest BCUT2D eigenvalue weighted by Gasteiger charge is 1.92. The standard InChI is InChI=1S/C11H11BrO/c1-2-10-4-6-11(7-5-10)13-9-3-8-12/h1,4-7H,3,8-9H2. The van der Waals surface area contributed by atoms with Gasteiger partial charge in [0.1, 0.15) is 5.75 Å². The molecule has 2 heteroatoms. The quantitative estimate of drug-likeness (QED) is 0.446. The molecule has 1 rings (SSSR count). The predicted molar refractivity (Wildman–Crippen MR) is 58.3 cm³/mol. The minimum absolute atomic E-state index is 0.737. The van der Waals surface area contributed by atoms with Gasteiger partial charge in [-0.1, -0.05) is 21.9 Å². The summed E-state index contributed by atoms with van der Waals surface area (Å²) >= 11 is 3.34. The van der Waals surface area contributed by atoms with Crippen LogP contribution in [0.4, 0.5) is 0 Å². The molecule has 0 atom stereocenters. The maximum atomic E-state index is 5.45. The number of ether oxygens (including phenoxy) is 1. The molecule has 0 aliphatic rings. The van der Waals surface area contributed by atoms with Gasteiger partial charge in [-0.15, -0.1) is 6.42 Å². The lowest BCUT2D eigenvalue weighted by Gasteiger charge is -2.03. The fraction of sp³-hybridized carbons (Fsp3) is 0.273. The summed E-state index contributed by atoms with van der Waals surface area (Å²) < 4.78 is 5.45. The second-order valence-electron chi connectivity index (χ2n) is 2.56. The molecule has 0 heterocycles. The Balaban J connectivity index is 2.46. The van der Waals surface area contributed by atoms with Gasteiger partial charge in [0.2, 0.25) is 0 Å². The average Bonchev–Trinajstić information content (AvgIpc) is 2.19. The van der Waals surface area contributed by atoms with Crippen molar-refractivity contribution in [2.24, 2.45) is 0 Å². The second-order valence-corrected chi connectivity index (χ2v) is 3.35. The molecule has 0 aliphatic carbocycles. The molecule has 0 bridgehead atoms. The maximum absolute atomic E-state index is 5.45. The lowest BCUT2D eigenvalue weighted by molar-refractivity contribution is 0.319. The zero-order valence-corrected chi connectivity index (χ0v) is 8.88. The summed E-state index contributed by atoms with van der Waals surface area (Å²) in [5.41, 5.74) is 0.882. The van der Waals surface area contributed by atoms with Gasteiger partial charge in [-0.2, -0.15) is 0 Å². The van der Waals surface area contributed by atoms with Crippen LogP contribution in [0.1, 0.15) is 12.0 Å². The lowest BCUT2D eigenvalue weighted by atomic mass is 10.2. The van der Waals surface area contributed by atoms with Crippen molar-refractivity contribution in [1.82, 2.24) is 0 Å². The smallest absolute Gasteiger partial charge is 0.119 e. The Kier molecular flexibility index (Phi) is 4.42. The monoisotopic (exact) mass is 238 g/mol. The first-order valence-corrected chi connectivity index (χ1v) is 5.24. The summed E-state index contributed by atoms with van der Waals surface area (Å²) in [5.74, 6) is 3.43. The highest BCUT2D eigenvalue weighted by molar-refractivity contribution is 9.09. The number of benzene rings is 1. The van der Waals surface area contributed by atoms with E-state index in [1.54, 1.807) is 0 Å². The Morgan fingerprint density at radius 1 is 1.31 bits per heavy atom. The number of halogens is 1. The van der Waals surface area contributed by atoms with E-state index in [4.69, 9.17) is 11.2 Å². The van der Waals surface area contributed by atoms with Crippen LogP contribution in [0.5, 0.6) is 5.75 Å². The summed E-state index contributed by atoms with van der Waals surface area (Å²) in [6, 6.07) is 7.54. The van der Waals surface area contributed by atoms with Crippen LogP contribution < -0.4 is 4.74 Å². The van der Waals surface area contributed by atoms with Crippen molar-refractivity contribution in [3.8, 4) is 18.1 Å². The highest BCUT2D eigenvalue weighted by atomic mass is 79.9. The number of rotatable bonds is 4. The molecule has 1 nitrogen and oxygen atoms in total. The fourth-order valence-corrected chi connectivity index (χ4v) is 1.12. The number of terminal acetylenes is 1. The number of hydrogen-bond donors (Lipinski definition) is 0. The van der Waals surface area contributed by atoms with E-state index in [0.29, 0.717) is 0 Å². The number of hydrogen-bond acceptors (Lipinski definition) is 1. The molecule has 0 radical (unpaired) electrons. The third-order valence-electron chi connectivity index (χ3n) is 1.57. The molecule has 1 aromatic rings. The van der Waals surface area contributed by atoms with Crippen LogP contribution in [-0.2, 0) is 0 Å². The van der Waals surface area contributed by atoms with Crippen LogP contribution >= 0.6 is 15.9 Å². The molecule has 0 fully saturated rings. The third-order valence-corrected chi connectivity index (χ3v) is 2.13. The summed E-state index contributed by atoms with van der Waals surface area (Å²) in [5, 5.41) is 0.968. The van der Waals surface area contributed by atoms with Crippen molar-refractivity contribution in [2.45, 2.75) is 6.42 Å². The van der Waals surface area contributed by atoms with Crippen molar-refractivity contribution in [1.29, 1.82) is 0 Å². The average molecular weight is 239 g/mol. The van der Waals surface area contributed by atoms with E-state index in [2.05, 4.69) is 21.9 Å². The first kappa shape index (κ1) is 10.1. The molecule has 68 valence electrons. The Hall–Kier alpha value is -0.940. The van der Waals surface area contributed by atoms with Gasteiger partial charge in [0, 0.05) is 10.9 Å². The van der Waals surface area contributed by atoms with Gasteiger partial charge in [0.25, 0.3) is 0 Å². The third kappa shape index (κ3) is 3.52. The Morgan fingerprint density at radius 3 is 2.54 bits per heavy atom. The maximum Gasteiger partial charge on any atom is 0.119 e. The molecule has 0 amide bonds. The fourth-order valence-electron chi connectivity index (χ4n) is 0.892. The first-order chi connectivity index (χ1) is 6.36. The molecule has 0 aromatic heterocycles. The molecule has 0 saturated carbocycles. The summed E-state index contributed by atoms with van der Waals surface area (Å²) in [6.07, 6.45) is 6.24. The van der Waals surface area contributed by atoms with Crippen molar-refractivity contribution in [3.05, 3.63) is 29.8 Å². The molecule has 0 saturated heterocycles. The van der Waals surface area contributed by atoms with Gasteiger partial charge >= 0.3 is 0 Å². The second kappa shape index (κ2) is 5.66. The molecule has 13 heavy (non-hydrogen) atoms. The molecule has 0 unspecified atom stereocenters. The van der Waals surface area contributed by atoms with Gasteiger partial charge in [-0.25, -0.2) is 0 Å². The van der Waals surface area contributed by atoms with Crippen LogP contribution in [-0.4, -0.2) is 11.9 Å². The SMILES string of the molecule is C#Cc1ccc(OCCCBr)cc1. The van der Waals surface area contributed by atoms with Gasteiger partial charge in [-0.3, -0.25) is 0 Å². The van der Waals surface area contributed by atoms with Crippen molar-refractivity contribution >= 4 is 15.9 Å². The first-order valence-electron chi connectivity index (χ1n) is 4.12. The zero-order valence-electron chi connectivity index (χ0n) is 7.29. The summed E-state index contributed by atoms with van der Waals surface area (Å²) in [6.45, 7) is 0.737. The molecule has 0 N–H and O–H groups in total. The zero-order chi connectivity index (χ0) is 9.52.